The third kappa shape index (κ3) is 3.78. The molecule has 126 valence electrons. The van der Waals surface area contributed by atoms with Crippen LogP contribution in [0.25, 0.3) is 0 Å². The smallest absolute Gasteiger partial charge is 0.410 e. The minimum Gasteiger partial charge on any atom is -0.444 e. The van der Waals surface area contributed by atoms with Gasteiger partial charge in [-0.15, -0.1) is 0 Å². The first kappa shape index (κ1) is 16.5. The van der Waals surface area contributed by atoms with Crippen molar-refractivity contribution in [2.75, 3.05) is 13.1 Å². The SMILES string of the molecule is CC(C)(C)OC(=O)N1CC2C(C1)C2NCc1ccc(Cl)cc1F. The Kier molecular flexibility index (Phi) is 4.27. The molecule has 1 saturated heterocycles. The van der Waals surface area contributed by atoms with E-state index in [4.69, 9.17) is 16.3 Å². The van der Waals surface area contributed by atoms with Gasteiger partial charge in [-0.1, -0.05) is 17.7 Å². The zero-order valence-corrected chi connectivity index (χ0v) is 14.4. The van der Waals surface area contributed by atoms with E-state index in [2.05, 4.69) is 5.32 Å². The van der Waals surface area contributed by atoms with Crippen molar-refractivity contribution in [1.82, 2.24) is 10.2 Å². The van der Waals surface area contributed by atoms with Crippen LogP contribution < -0.4 is 5.32 Å². The second-order valence-electron chi connectivity index (χ2n) is 7.36. The third-order valence-electron chi connectivity index (χ3n) is 4.39. The number of ether oxygens (including phenoxy) is 1. The molecule has 2 aliphatic rings. The predicted octanol–water partition coefficient (Wildman–Crippen LogP) is 3.43. The van der Waals surface area contributed by atoms with Gasteiger partial charge in [0, 0.05) is 36.3 Å². The molecule has 1 heterocycles. The van der Waals surface area contributed by atoms with E-state index in [1.165, 1.54) is 6.07 Å². The van der Waals surface area contributed by atoms with Crippen LogP contribution in [0.1, 0.15) is 26.3 Å². The quantitative estimate of drug-likeness (QED) is 0.916. The van der Waals surface area contributed by atoms with Crippen LogP contribution in [0, 0.1) is 17.7 Å². The molecule has 1 aliphatic heterocycles. The zero-order chi connectivity index (χ0) is 16.8. The highest BCUT2D eigenvalue weighted by molar-refractivity contribution is 6.30. The van der Waals surface area contributed by atoms with Gasteiger partial charge in [0.1, 0.15) is 11.4 Å². The minimum absolute atomic E-state index is 0.243. The number of likely N-dealkylation sites (tertiary alicyclic amines) is 1. The van der Waals surface area contributed by atoms with Gasteiger partial charge in [-0.05, 0) is 44.7 Å². The molecule has 3 rings (SSSR count). The number of carbonyl (C=O) groups excluding carboxylic acids is 1. The first-order chi connectivity index (χ1) is 10.7. The molecule has 1 amide bonds. The molecule has 1 saturated carbocycles. The van der Waals surface area contributed by atoms with Gasteiger partial charge < -0.3 is 15.0 Å². The summed E-state index contributed by atoms with van der Waals surface area (Å²) in [5.41, 5.74) is 0.150. The van der Waals surface area contributed by atoms with E-state index in [0.29, 0.717) is 48.1 Å². The lowest BCUT2D eigenvalue weighted by Gasteiger charge is -2.26. The van der Waals surface area contributed by atoms with Crippen LogP contribution in [0.5, 0.6) is 0 Å². The van der Waals surface area contributed by atoms with Crippen molar-refractivity contribution in [2.45, 2.75) is 39.0 Å². The molecule has 23 heavy (non-hydrogen) atoms. The van der Waals surface area contributed by atoms with Gasteiger partial charge in [0.05, 0.1) is 0 Å². The molecule has 1 aromatic rings. The summed E-state index contributed by atoms with van der Waals surface area (Å²) in [5.74, 6) is 0.599. The number of hydrogen-bond acceptors (Lipinski definition) is 3. The molecule has 1 N–H and O–H groups in total. The number of carbonyl (C=O) groups is 1. The Balaban J connectivity index is 1.46. The van der Waals surface area contributed by atoms with Crippen molar-refractivity contribution in [3.05, 3.63) is 34.6 Å². The van der Waals surface area contributed by atoms with Crippen LogP contribution in [0.3, 0.4) is 0 Å². The highest BCUT2D eigenvalue weighted by atomic mass is 35.5. The maximum atomic E-state index is 13.7. The minimum atomic E-state index is -0.465. The summed E-state index contributed by atoms with van der Waals surface area (Å²) < 4.78 is 19.1. The fourth-order valence-corrected chi connectivity index (χ4v) is 3.36. The van der Waals surface area contributed by atoms with E-state index < -0.39 is 5.60 Å². The van der Waals surface area contributed by atoms with Crippen molar-refractivity contribution in [1.29, 1.82) is 0 Å². The van der Waals surface area contributed by atoms with Gasteiger partial charge in [0.25, 0.3) is 0 Å². The monoisotopic (exact) mass is 340 g/mol. The summed E-state index contributed by atoms with van der Waals surface area (Å²) >= 11 is 5.75. The number of amides is 1. The Hall–Kier alpha value is -1.33. The second kappa shape index (κ2) is 5.95. The standard InChI is InChI=1S/C17H22ClFN2O2/c1-17(2,3)23-16(22)21-8-12-13(9-21)15(12)20-7-10-4-5-11(18)6-14(10)19/h4-6,12-13,15,20H,7-9H2,1-3H3. The number of nitrogens with zero attached hydrogens (tertiary/aromatic N) is 1. The van der Waals surface area contributed by atoms with Gasteiger partial charge in [-0.25, -0.2) is 9.18 Å². The Morgan fingerprint density at radius 2 is 2.04 bits per heavy atom. The van der Waals surface area contributed by atoms with Crippen LogP contribution in [0.4, 0.5) is 9.18 Å². The molecule has 2 atom stereocenters. The van der Waals surface area contributed by atoms with Crippen LogP contribution in [-0.2, 0) is 11.3 Å². The van der Waals surface area contributed by atoms with E-state index in [-0.39, 0.29) is 11.9 Å². The summed E-state index contributed by atoms with van der Waals surface area (Å²) in [6.07, 6.45) is -0.243. The van der Waals surface area contributed by atoms with Crippen LogP contribution >= 0.6 is 11.6 Å². The summed E-state index contributed by atoms with van der Waals surface area (Å²) in [5, 5.41) is 3.79. The maximum Gasteiger partial charge on any atom is 0.410 e. The number of benzene rings is 1. The Labute approximate surface area is 140 Å². The van der Waals surface area contributed by atoms with Gasteiger partial charge in [0.2, 0.25) is 0 Å². The Bertz CT molecular complexity index is 605. The number of piperidine rings is 1. The van der Waals surface area contributed by atoms with E-state index in [1.54, 1.807) is 17.0 Å². The molecule has 2 fully saturated rings. The van der Waals surface area contributed by atoms with Gasteiger partial charge in [-0.3, -0.25) is 0 Å². The van der Waals surface area contributed by atoms with Gasteiger partial charge >= 0.3 is 6.09 Å². The van der Waals surface area contributed by atoms with Crippen LogP contribution in [0.15, 0.2) is 18.2 Å². The number of rotatable bonds is 3. The molecular weight excluding hydrogens is 319 g/mol. The van der Waals surface area contributed by atoms with Crippen molar-refractivity contribution >= 4 is 17.7 Å². The van der Waals surface area contributed by atoms with E-state index in [0.717, 1.165) is 0 Å². The van der Waals surface area contributed by atoms with Gasteiger partial charge in [0.15, 0.2) is 0 Å². The lowest BCUT2D eigenvalue weighted by molar-refractivity contribution is 0.0269. The molecule has 1 aromatic carbocycles. The summed E-state index contributed by atoms with van der Waals surface area (Å²) in [4.78, 5) is 13.8. The molecular formula is C17H22ClFN2O2. The molecule has 0 bridgehead atoms. The highest BCUT2D eigenvalue weighted by Crippen LogP contribution is 2.46. The zero-order valence-electron chi connectivity index (χ0n) is 13.6. The summed E-state index contributed by atoms with van der Waals surface area (Å²) in [6.45, 7) is 7.50. The fraction of sp³-hybridized carbons (Fsp3) is 0.588. The number of nitrogens with one attached hydrogen (secondary N) is 1. The average molecular weight is 341 g/mol. The Morgan fingerprint density at radius 3 is 2.61 bits per heavy atom. The number of halogens is 2. The van der Waals surface area contributed by atoms with Crippen molar-refractivity contribution in [3.63, 3.8) is 0 Å². The van der Waals surface area contributed by atoms with E-state index in [1.807, 2.05) is 20.8 Å². The number of hydrogen-bond donors (Lipinski definition) is 1. The lowest BCUT2D eigenvalue weighted by Crippen LogP contribution is -2.39. The molecule has 0 radical (unpaired) electrons. The molecule has 4 nitrogen and oxygen atoms in total. The lowest BCUT2D eigenvalue weighted by atomic mass is 10.2. The number of fused-ring (bicyclic) bond motifs is 1. The normalized spacial score (nSPS) is 26.1. The maximum absolute atomic E-state index is 13.7. The first-order valence-electron chi connectivity index (χ1n) is 7.90. The average Bonchev–Trinajstić information content (AvgIpc) is 2.88. The van der Waals surface area contributed by atoms with Gasteiger partial charge in [-0.2, -0.15) is 0 Å². The molecule has 0 spiro atoms. The van der Waals surface area contributed by atoms with Crippen molar-refractivity contribution in [3.8, 4) is 0 Å². The Morgan fingerprint density at radius 1 is 1.39 bits per heavy atom. The highest BCUT2D eigenvalue weighted by Gasteiger charge is 2.56. The first-order valence-corrected chi connectivity index (χ1v) is 8.27. The van der Waals surface area contributed by atoms with E-state index >= 15 is 0 Å². The molecule has 1 aliphatic carbocycles. The van der Waals surface area contributed by atoms with Crippen molar-refractivity contribution in [2.24, 2.45) is 11.8 Å². The van der Waals surface area contributed by atoms with Crippen LogP contribution in [-0.4, -0.2) is 35.7 Å². The van der Waals surface area contributed by atoms with Crippen LogP contribution in [0.2, 0.25) is 5.02 Å². The van der Waals surface area contributed by atoms with E-state index in [9.17, 15) is 9.18 Å². The molecule has 2 unspecified atom stereocenters. The molecule has 0 aromatic heterocycles. The van der Waals surface area contributed by atoms with Crippen molar-refractivity contribution < 1.29 is 13.9 Å². The fourth-order valence-electron chi connectivity index (χ4n) is 3.20. The summed E-state index contributed by atoms with van der Waals surface area (Å²) in [7, 11) is 0. The summed E-state index contributed by atoms with van der Waals surface area (Å²) in [6, 6.07) is 5.08. The topological polar surface area (TPSA) is 41.6 Å². The largest absolute Gasteiger partial charge is 0.444 e. The second-order valence-corrected chi connectivity index (χ2v) is 7.79. The predicted molar refractivity (Wildman–Crippen MR) is 86.8 cm³/mol. The third-order valence-corrected chi connectivity index (χ3v) is 4.62. The molecule has 6 heteroatoms.